The standard InChI is InChI=1S/C21H24Cl2N2O2S/c1-4-13(2)25(14(3)26)12-20(27)24-9-7-19-17(8-10-28-19)21(24)16-6-5-15(22)11-18(16)23/h5-6,8,10-11,13,21H,4,7,9,12H2,1-3H3. The molecule has 0 N–H and O–H groups in total. The van der Waals surface area contributed by atoms with Gasteiger partial charge in [0, 0.05) is 34.4 Å². The molecule has 1 aliphatic rings. The van der Waals surface area contributed by atoms with E-state index in [2.05, 4.69) is 11.4 Å². The number of nitrogens with zero attached hydrogens (tertiary/aromatic N) is 2. The van der Waals surface area contributed by atoms with Gasteiger partial charge in [-0.3, -0.25) is 9.59 Å². The lowest BCUT2D eigenvalue weighted by atomic mass is 9.93. The Morgan fingerprint density at radius 2 is 2.04 bits per heavy atom. The van der Waals surface area contributed by atoms with Crippen LogP contribution in [0.3, 0.4) is 0 Å². The first kappa shape index (κ1) is 21.2. The van der Waals surface area contributed by atoms with E-state index in [4.69, 9.17) is 23.2 Å². The van der Waals surface area contributed by atoms with Crippen molar-refractivity contribution in [2.75, 3.05) is 13.1 Å². The quantitative estimate of drug-likeness (QED) is 0.645. The second-order valence-electron chi connectivity index (χ2n) is 7.11. The third-order valence-electron chi connectivity index (χ3n) is 5.38. The van der Waals surface area contributed by atoms with Crippen LogP contribution in [0.1, 0.15) is 49.2 Å². The second-order valence-corrected chi connectivity index (χ2v) is 8.95. The topological polar surface area (TPSA) is 40.6 Å². The zero-order valence-electron chi connectivity index (χ0n) is 16.2. The fourth-order valence-electron chi connectivity index (χ4n) is 3.68. The van der Waals surface area contributed by atoms with Gasteiger partial charge in [-0.25, -0.2) is 0 Å². The lowest BCUT2D eigenvalue weighted by Gasteiger charge is -2.38. The fraction of sp³-hybridized carbons (Fsp3) is 0.429. The van der Waals surface area contributed by atoms with Gasteiger partial charge in [-0.15, -0.1) is 11.3 Å². The summed E-state index contributed by atoms with van der Waals surface area (Å²) in [5.41, 5.74) is 1.96. The van der Waals surface area contributed by atoms with Gasteiger partial charge in [0.25, 0.3) is 0 Å². The summed E-state index contributed by atoms with van der Waals surface area (Å²) >= 11 is 14.3. The normalized spacial score (nSPS) is 17.2. The summed E-state index contributed by atoms with van der Waals surface area (Å²) in [6.45, 7) is 6.17. The average Bonchev–Trinajstić information content (AvgIpc) is 3.13. The predicted molar refractivity (Wildman–Crippen MR) is 115 cm³/mol. The molecule has 0 radical (unpaired) electrons. The number of amides is 2. The fourth-order valence-corrected chi connectivity index (χ4v) is 5.09. The number of thiophene rings is 1. The van der Waals surface area contributed by atoms with Crippen LogP contribution in [0, 0.1) is 0 Å². The molecule has 0 saturated carbocycles. The van der Waals surface area contributed by atoms with Crippen LogP contribution < -0.4 is 0 Å². The van der Waals surface area contributed by atoms with Crippen LogP contribution in [-0.2, 0) is 16.0 Å². The third-order valence-corrected chi connectivity index (χ3v) is 6.94. The maximum atomic E-state index is 13.3. The second kappa shape index (κ2) is 8.85. The molecule has 0 fully saturated rings. The molecular weight excluding hydrogens is 415 g/mol. The van der Waals surface area contributed by atoms with Crippen molar-refractivity contribution in [3.05, 3.63) is 55.7 Å². The van der Waals surface area contributed by atoms with Crippen LogP contribution in [0.5, 0.6) is 0 Å². The molecule has 0 aliphatic carbocycles. The van der Waals surface area contributed by atoms with Gasteiger partial charge in [0.1, 0.15) is 6.54 Å². The summed E-state index contributed by atoms with van der Waals surface area (Å²) in [5.74, 6) is -0.152. The Kier molecular flexibility index (Phi) is 6.69. The molecule has 150 valence electrons. The highest BCUT2D eigenvalue weighted by molar-refractivity contribution is 7.10. The molecule has 0 spiro atoms. The van der Waals surface area contributed by atoms with E-state index in [1.165, 1.54) is 11.8 Å². The molecule has 28 heavy (non-hydrogen) atoms. The maximum Gasteiger partial charge on any atom is 0.243 e. The monoisotopic (exact) mass is 438 g/mol. The van der Waals surface area contributed by atoms with Crippen molar-refractivity contribution < 1.29 is 9.59 Å². The van der Waals surface area contributed by atoms with Gasteiger partial charge >= 0.3 is 0 Å². The molecule has 3 rings (SSSR count). The van der Waals surface area contributed by atoms with E-state index in [9.17, 15) is 9.59 Å². The number of hydrogen-bond acceptors (Lipinski definition) is 3. The highest BCUT2D eigenvalue weighted by Gasteiger charge is 2.35. The summed E-state index contributed by atoms with van der Waals surface area (Å²) < 4.78 is 0. The first-order valence-electron chi connectivity index (χ1n) is 9.41. The van der Waals surface area contributed by atoms with Gasteiger partial charge in [-0.05, 0) is 54.5 Å². The summed E-state index contributed by atoms with van der Waals surface area (Å²) in [5, 5.41) is 3.16. The molecule has 1 aromatic carbocycles. The molecule has 2 unspecified atom stereocenters. The lowest BCUT2D eigenvalue weighted by molar-refractivity contribution is -0.142. The first-order chi connectivity index (χ1) is 13.3. The Labute approximate surface area is 180 Å². The number of carbonyl (C=O) groups excluding carboxylic acids is 2. The van der Waals surface area contributed by atoms with Crippen LogP contribution in [0.25, 0.3) is 0 Å². The predicted octanol–water partition coefficient (Wildman–Crippen LogP) is 5.18. The molecule has 1 aromatic heterocycles. The van der Waals surface area contributed by atoms with E-state index in [-0.39, 0.29) is 30.4 Å². The molecule has 2 heterocycles. The van der Waals surface area contributed by atoms with Crippen LogP contribution in [0.4, 0.5) is 0 Å². The Bertz CT molecular complexity index is 883. The van der Waals surface area contributed by atoms with E-state index in [1.54, 1.807) is 28.4 Å². The van der Waals surface area contributed by atoms with E-state index < -0.39 is 0 Å². The van der Waals surface area contributed by atoms with Gasteiger partial charge in [0.15, 0.2) is 0 Å². The molecule has 4 nitrogen and oxygen atoms in total. The van der Waals surface area contributed by atoms with Gasteiger partial charge in [0.2, 0.25) is 11.8 Å². The molecule has 2 amide bonds. The number of carbonyl (C=O) groups is 2. The zero-order chi connectivity index (χ0) is 20.4. The summed E-state index contributed by atoms with van der Waals surface area (Å²) in [4.78, 5) is 30.1. The van der Waals surface area contributed by atoms with E-state index in [0.717, 1.165) is 24.0 Å². The Morgan fingerprint density at radius 1 is 1.29 bits per heavy atom. The van der Waals surface area contributed by atoms with E-state index in [0.29, 0.717) is 16.6 Å². The van der Waals surface area contributed by atoms with E-state index in [1.807, 2.05) is 24.8 Å². The highest BCUT2D eigenvalue weighted by Crippen LogP contribution is 2.41. The number of rotatable bonds is 5. The van der Waals surface area contributed by atoms with Gasteiger partial charge in [-0.2, -0.15) is 0 Å². The average molecular weight is 439 g/mol. The van der Waals surface area contributed by atoms with Crippen LogP contribution in [0.15, 0.2) is 29.6 Å². The van der Waals surface area contributed by atoms with Crippen molar-refractivity contribution in [3.63, 3.8) is 0 Å². The maximum absolute atomic E-state index is 13.3. The largest absolute Gasteiger partial charge is 0.331 e. The number of fused-ring (bicyclic) bond motifs is 1. The third kappa shape index (κ3) is 4.22. The molecule has 2 aromatic rings. The van der Waals surface area contributed by atoms with Crippen molar-refractivity contribution >= 4 is 46.4 Å². The molecular formula is C21H24Cl2N2O2S. The van der Waals surface area contributed by atoms with E-state index >= 15 is 0 Å². The Hall–Kier alpha value is -1.56. The number of halogens is 2. The van der Waals surface area contributed by atoms with Crippen molar-refractivity contribution in [1.82, 2.24) is 9.80 Å². The minimum atomic E-state index is -0.266. The first-order valence-corrected chi connectivity index (χ1v) is 11.0. The Morgan fingerprint density at radius 3 is 2.68 bits per heavy atom. The van der Waals surface area contributed by atoms with Crippen LogP contribution in [0.2, 0.25) is 10.0 Å². The Balaban J connectivity index is 1.96. The summed E-state index contributed by atoms with van der Waals surface area (Å²) in [7, 11) is 0. The summed E-state index contributed by atoms with van der Waals surface area (Å²) in [6, 6.07) is 7.21. The minimum absolute atomic E-state index is 0.0144. The van der Waals surface area contributed by atoms with Crippen molar-refractivity contribution in [2.24, 2.45) is 0 Å². The van der Waals surface area contributed by atoms with Gasteiger partial charge in [-0.1, -0.05) is 36.2 Å². The smallest absolute Gasteiger partial charge is 0.243 e. The molecule has 2 atom stereocenters. The lowest BCUT2D eigenvalue weighted by Crippen LogP contribution is -2.48. The molecule has 7 heteroatoms. The number of hydrogen-bond donors (Lipinski definition) is 0. The van der Waals surface area contributed by atoms with Gasteiger partial charge in [0.05, 0.1) is 6.04 Å². The van der Waals surface area contributed by atoms with Gasteiger partial charge < -0.3 is 9.80 Å². The molecule has 0 bridgehead atoms. The van der Waals surface area contributed by atoms with Crippen molar-refractivity contribution in [1.29, 1.82) is 0 Å². The van der Waals surface area contributed by atoms with Crippen molar-refractivity contribution in [3.8, 4) is 0 Å². The van der Waals surface area contributed by atoms with Crippen molar-refractivity contribution in [2.45, 2.75) is 45.7 Å². The molecule has 1 aliphatic heterocycles. The SMILES string of the molecule is CCC(C)N(CC(=O)N1CCc2sccc2C1c1ccc(Cl)cc1Cl)C(C)=O. The van der Waals surface area contributed by atoms with Crippen LogP contribution in [-0.4, -0.2) is 40.7 Å². The van der Waals surface area contributed by atoms with Crippen LogP contribution >= 0.6 is 34.5 Å². The minimum Gasteiger partial charge on any atom is -0.331 e. The zero-order valence-corrected chi connectivity index (χ0v) is 18.6. The number of benzene rings is 1. The summed E-state index contributed by atoms with van der Waals surface area (Å²) in [6.07, 6.45) is 1.61. The highest BCUT2D eigenvalue weighted by atomic mass is 35.5. The molecule has 0 saturated heterocycles.